The number of nitrogens with one attached hydrogen (secondary N) is 2. The highest BCUT2D eigenvalue weighted by atomic mass is 35.5. The molecule has 0 saturated carbocycles. The minimum Gasteiger partial charge on any atom is -0.331 e. The van der Waals surface area contributed by atoms with Crippen LogP contribution in [0.2, 0.25) is 0 Å². The van der Waals surface area contributed by atoms with Crippen LogP contribution in [-0.4, -0.2) is 28.0 Å². The second-order valence-corrected chi connectivity index (χ2v) is 8.01. The predicted molar refractivity (Wildman–Crippen MR) is 105 cm³/mol. The summed E-state index contributed by atoms with van der Waals surface area (Å²) in [5, 5.41) is 6.46. The molecule has 0 radical (unpaired) electrons. The van der Waals surface area contributed by atoms with E-state index in [0.29, 0.717) is 6.04 Å². The van der Waals surface area contributed by atoms with Gasteiger partial charge in [-0.25, -0.2) is 4.98 Å². The van der Waals surface area contributed by atoms with Crippen molar-refractivity contribution in [3.8, 4) is 0 Å². The fraction of sp³-hybridized carbons (Fsp3) is 0.579. The van der Waals surface area contributed by atoms with E-state index in [-0.39, 0.29) is 29.6 Å². The lowest BCUT2D eigenvalue weighted by molar-refractivity contribution is -0.120. The van der Waals surface area contributed by atoms with Gasteiger partial charge in [-0.3, -0.25) is 4.79 Å². The standard InChI is InChI=1S/C19H28N4O.ClH/c1-12-10-13(8-9-20-12)17(24)21-14-6-7-16-15(11-14)22-18(23(16)5)19(2,3)4;/h6-7,11-13,20H,8-10H2,1-5H3,(H,21,24);1H/t12-,13-;/m0./s1. The SMILES string of the molecule is C[C@H]1C[C@@H](C(=O)Nc2ccc3c(c2)nc(C(C)(C)C)n3C)CCN1.Cl. The van der Waals surface area contributed by atoms with Gasteiger partial charge < -0.3 is 15.2 Å². The summed E-state index contributed by atoms with van der Waals surface area (Å²) in [7, 11) is 2.05. The minimum atomic E-state index is -0.0115. The Morgan fingerprint density at radius 3 is 2.72 bits per heavy atom. The maximum Gasteiger partial charge on any atom is 0.227 e. The molecule has 0 aliphatic carbocycles. The molecule has 2 N–H and O–H groups in total. The molecule has 1 aromatic heterocycles. The van der Waals surface area contributed by atoms with Crippen molar-refractivity contribution in [3.05, 3.63) is 24.0 Å². The van der Waals surface area contributed by atoms with Gasteiger partial charge in [0, 0.05) is 30.1 Å². The Labute approximate surface area is 156 Å². The fourth-order valence-corrected chi connectivity index (χ4v) is 3.56. The maximum absolute atomic E-state index is 12.5. The molecule has 1 amide bonds. The van der Waals surface area contributed by atoms with Gasteiger partial charge in [-0.05, 0) is 44.5 Å². The van der Waals surface area contributed by atoms with Crippen LogP contribution in [0, 0.1) is 5.92 Å². The number of anilines is 1. The molecule has 1 fully saturated rings. The van der Waals surface area contributed by atoms with Crippen molar-refractivity contribution in [2.24, 2.45) is 13.0 Å². The third-order valence-corrected chi connectivity index (χ3v) is 4.81. The molecule has 0 bridgehead atoms. The fourth-order valence-electron chi connectivity index (χ4n) is 3.56. The first-order valence-corrected chi connectivity index (χ1v) is 8.77. The number of aromatic nitrogens is 2. The van der Waals surface area contributed by atoms with Crippen molar-refractivity contribution in [3.63, 3.8) is 0 Å². The summed E-state index contributed by atoms with van der Waals surface area (Å²) in [4.78, 5) is 17.3. The summed E-state index contributed by atoms with van der Waals surface area (Å²) in [5.41, 5.74) is 2.84. The Balaban J connectivity index is 0.00000225. The van der Waals surface area contributed by atoms with Crippen molar-refractivity contribution in [1.29, 1.82) is 0 Å². The second kappa shape index (κ2) is 7.34. The molecule has 138 valence electrons. The van der Waals surface area contributed by atoms with Gasteiger partial charge in [0.1, 0.15) is 5.82 Å². The van der Waals surface area contributed by atoms with Crippen molar-refractivity contribution in [1.82, 2.24) is 14.9 Å². The molecular weight excluding hydrogens is 336 g/mol. The zero-order valence-electron chi connectivity index (χ0n) is 15.7. The van der Waals surface area contributed by atoms with Gasteiger partial charge in [-0.1, -0.05) is 20.8 Å². The third kappa shape index (κ3) is 4.15. The highest BCUT2D eigenvalue weighted by molar-refractivity contribution is 5.94. The number of amides is 1. The summed E-state index contributed by atoms with van der Waals surface area (Å²) in [6.07, 6.45) is 1.79. The number of carbonyl (C=O) groups is 1. The largest absolute Gasteiger partial charge is 0.331 e. The number of nitrogens with zero attached hydrogens (tertiary/aromatic N) is 2. The number of benzene rings is 1. The van der Waals surface area contributed by atoms with Gasteiger partial charge in [-0.15, -0.1) is 12.4 Å². The van der Waals surface area contributed by atoms with E-state index in [1.54, 1.807) is 0 Å². The van der Waals surface area contributed by atoms with Crippen molar-refractivity contribution in [2.75, 3.05) is 11.9 Å². The highest BCUT2D eigenvalue weighted by Crippen LogP contribution is 2.27. The molecule has 5 nitrogen and oxygen atoms in total. The number of piperidine rings is 1. The van der Waals surface area contributed by atoms with Crippen LogP contribution in [0.15, 0.2) is 18.2 Å². The molecular formula is C19H29ClN4O. The number of halogens is 1. The molecule has 6 heteroatoms. The van der Waals surface area contributed by atoms with Crippen molar-refractivity contribution < 1.29 is 4.79 Å². The Bertz CT molecular complexity index is 763. The zero-order valence-corrected chi connectivity index (χ0v) is 16.5. The van der Waals surface area contributed by atoms with Gasteiger partial charge >= 0.3 is 0 Å². The molecule has 25 heavy (non-hydrogen) atoms. The number of aryl methyl sites for hydroxylation is 1. The summed E-state index contributed by atoms with van der Waals surface area (Å²) >= 11 is 0. The first-order valence-electron chi connectivity index (χ1n) is 8.77. The van der Waals surface area contributed by atoms with Crippen LogP contribution in [0.4, 0.5) is 5.69 Å². The minimum absolute atomic E-state index is 0. The number of hydrogen-bond acceptors (Lipinski definition) is 3. The third-order valence-electron chi connectivity index (χ3n) is 4.81. The molecule has 1 aliphatic heterocycles. The van der Waals surface area contributed by atoms with Crippen LogP contribution in [0.1, 0.15) is 46.4 Å². The monoisotopic (exact) mass is 364 g/mol. The van der Waals surface area contributed by atoms with Crippen LogP contribution in [-0.2, 0) is 17.3 Å². The molecule has 1 aromatic carbocycles. The lowest BCUT2D eigenvalue weighted by Gasteiger charge is -2.27. The normalized spacial score (nSPS) is 21.0. The molecule has 3 rings (SSSR count). The molecule has 0 unspecified atom stereocenters. The first-order chi connectivity index (χ1) is 11.3. The summed E-state index contributed by atoms with van der Waals surface area (Å²) in [6, 6.07) is 6.39. The van der Waals surface area contributed by atoms with E-state index in [4.69, 9.17) is 4.98 Å². The van der Waals surface area contributed by atoms with Gasteiger partial charge in [0.15, 0.2) is 0 Å². The molecule has 2 heterocycles. The van der Waals surface area contributed by atoms with Crippen LogP contribution < -0.4 is 10.6 Å². The highest BCUT2D eigenvalue weighted by Gasteiger charge is 2.25. The van der Waals surface area contributed by atoms with Gasteiger partial charge in [-0.2, -0.15) is 0 Å². The van der Waals surface area contributed by atoms with Crippen LogP contribution in [0.5, 0.6) is 0 Å². The predicted octanol–water partition coefficient (Wildman–Crippen LogP) is 3.62. The Morgan fingerprint density at radius 2 is 2.08 bits per heavy atom. The average Bonchev–Trinajstić information content (AvgIpc) is 2.84. The molecule has 1 aliphatic rings. The van der Waals surface area contributed by atoms with Gasteiger partial charge in [0.2, 0.25) is 5.91 Å². The Morgan fingerprint density at radius 1 is 1.36 bits per heavy atom. The Kier molecular flexibility index (Phi) is 5.79. The van der Waals surface area contributed by atoms with E-state index in [1.165, 1.54) is 0 Å². The lowest BCUT2D eigenvalue weighted by Crippen LogP contribution is -2.40. The zero-order chi connectivity index (χ0) is 17.5. The summed E-state index contributed by atoms with van der Waals surface area (Å²) in [5.74, 6) is 1.26. The van der Waals surface area contributed by atoms with Gasteiger partial charge in [0.05, 0.1) is 11.0 Å². The topological polar surface area (TPSA) is 59.0 Å². The van der Waals surface area contributed by atoms with E-state index in [1.807, 2.05) is 25.2 Å². The summed E-state index contributed by atoms with van der Waals surface area (Å²) < 4.78 is 2.13. The Hall–Kier alpha value is -1.59. The van der Waals surface area contributed by atoms with Gasteiger partial charge in [0.25, 0.3) is 0 Å². The van der Waals surface area contributed by atoms with Crippen LogP contribution >= 0.6 is 12.4 Å². The number of rotatable bonds is 2. The molecule has 2 atom stereocenters. The van der Waals surface area contributed by atoms with Crippen molar-refractivity contribution in [2.45, 2.75) is 52.0 Å². The number of fused-ring (bicyclic) bond motifs is 1. The van der Waals surface area contributed by atoms with E-state index in [9.17, 15) is 4.79 Å². The average molecular weight is 365 g/mol. The van der Waals surface area contributed by atoms with Crippen LogP contribution in [0.25, 0.3) is 11.0 Å². The molecule has 1 saturated heterocycles. The smallest absolute Gasteiger partial charge is 0.227 e. The molecule has 2 aromatic rings. The quantitative estimate of drug-likeness (QED) is 0.855. The molecule has 0 spiro atoms. The second-order valence-electron chi connectivity index (χ2n) is 8.01. The first kappa shape index (κ1) is 19.7. The number of carbonyl (C=O) groups excluding carboxylic acids is 1. The maximum atomic E-state index is 12.5. The van der Waals surface area contributed by atoms with E-state index < -0.39 is 0 Å². The number of imidazole rings is 1. The van der Waals surface area contributed by atoms with E-state index in [2.05, 4.69) is 42.9 Å². The lowest BCUT2D eigenvalue weighted by atomic mass is 9.92. The van der Waals surface area contributed by atoms with E-state index >= 15 is 0 Å². The van der Waals surface area contributed by atoms with Crippen molar-refractivity contribution >= 4 is 35.0 Å². The van der Waals surface area contributed by atoms with E-state index in [0.717, 1.165) is 41.9 Å². The van der Waals surface area contributed by atoms with Crippen LogP contribution in [0.3, 0.4) is 0 Å². The number of hydrogen-bond donors (Lipinski definition) is 2. The summed E-state index contributed by atoms with van der Waals surface area (Å²) in [6.45, 7) is 9.53.